The van der Waals surface area contributed by atoms with Gasteiger partial charge in [0.1, 0.15) is 5.76 Å². The van der Waals surface area contributed by atoms with Crippen LogP contribution in [0.5, 0.6) is 0 Å². The average molecular weight is 482 g/mol. The number of oxazole rings is 1. The van der Waals surface area contributed by atoms with E-state index in [2.05, 4.69) is 25.0 Å². The second-order valence-corrected chi connectivity index (χ2v) is 8.03. The SMILES string of the molecule is Cc1nc(NS(=O)(=O)c2ccc(N=Nc3c(C)[nH]n(C(N)=[NH2+])c3=O)cc2)oc1C.O=[N+]([O-])O. The molecule has 16 nitrogen and oxygen atoms in total. The normalized spacial score (nSPS) is 11.1. The second-order valence-electron chi connectivity index (χ2n) is 6.35. The molecule has 0 aliphatic heterocycles. The Morgan fingerprint density at radius 1 is 1.30 bits per heavy atom. The standard InChI is InChI=1S/C16H18N8O4S.HNO3/c1-8-10(3)28-16(19-8)23-29(26,27)12-6-4-11(5-7-12)20-21-13-9(2)22-24(14(13)25)15(17)18;2-1(3)4/h4-7,22H,1-3H3,(H3,17,18)(H,19,23);(H,2,3,4)/p+1. The van der Waals surface area contributed by atoms with Gasteiger partial charge in [0.25, 0.3) is 15.1 Å². The summed E-state index contributed by atoms with van der Waals surface area (Å²) in [5.74, 6) is 0.296. The molecule has 7 N–H and O–H groups in total. The van der Waals surface area contributed by atoms with E-state index in [1.807, 2.05) is 0 Å². The molecule has 0 fully saturated rings. The topological polar surface area (TPSA) is 250 Å². The lowest BCUT2D eigenvalue weighted by Gasteiger charge is -2.04. The van der Waals surface area contributed by atoms with Crippen molar-refractivity contribution in [2.75, 3.05) is 4.72 Å². The Bertz CT molecular complexity index is 1340. The highest BCUT2D eigenvalue weighted by Gasteiger charge is 2.19. The van der Waals surface area contributed by atoms with E-state index in [4.69, 9.17) is 30.9 Å². The lowest BCUT2D eigenvalue weighted by Crippen LogP contribution is -2.53. The maximum Gasteiger partial charge on any atom is 0.371 e. The number of anilines is 1. The summed E-state index contributed by atoms with van der Waals surface area (Å²) in [7, 11) is -3.89. The Hall–Kier alpha value is -4.54. The van der Waals surface area contributed by atoms with Crippen LogP contribution < -0.4 is 21.4 Å². The smallest absolute Gasteiger partial charge is 0.371 e. The number of nitrogens with zero attached hydrogens (tertiary/aromatic N) is 5. The summed E-state index contributed by atoms with van der Waals surface area (Å²) in [6.07, 6.45) is 0. The molecule has 17 heteroatoms. The zero-order chi connectivity index (χ0) is 24.9. The van der Waals surface area contributed by atoms with Crippen molar-refractivity contribution in [3.8, 4) is 0 Å². The van der Waals surface area contributed by atoms with E-state index in [9.17, 15) is 13.2 Å². The van der Waals surface area contributed by atoms with Gasteiger partial charge < -0.3 is 9.62 Å². The molecule has 0 saturated carbocycles. The highest BCUT2D eigenvalue weighted by atomic mass is 32.2. The molecule has 33 heavy (non-hydrogen) atoms. The van der Waals surface area contributed by atoms with Crippen LogP contribution in [-0.2, 0) is 10.0 Å². The first-order valence-corrected chi connectivity index (χ1v) is 10.3. The van der Waals surface area contributed by atoms with E-state index < -0.39 is 20.7 Å². The molecule has 0 radical (unpaired) electrons. The van der Waals surface area contributed by atoms with E-state index in [1.54, 1.807) is 20.8 Å². The molecule has 0 spiro atoms. The van der Waals surface area contributed by atoms with Crippen LogP contribution >= 0.6 is 0 Å². The number of hydrogen-bond donors (Lipinski definition) is 5. The number of aromatic amines is 1. The van der Waals surface area contributed by atoms with Crippen molar-refractivity contribution in [2.24, 2.45) is 16.0 Å². The Labute approximate surface area is 185 Å². The molecular weight excluding hydrogens is 462 g/mol. The van der Waals surface area contributed by atoms with Crippen molar-refractivity contribution in [1.29, 1.82) is 0 Å². The van der Waals surface area contributed by atoms with Gasteiger partial charge >= 0.3 is 17.5 Å². The van der Waals surface area contributed by atoms with Crippen molar-refractivity contribution in [2.45, 2.75) is 25.7 Å². The molecule has 3 rings (SSSR count). The summed E-state index contributed by atoms with van der Waals surface area (Å²) >= 11 is 0. The van der Waals surface area contributed by atoms with Crippen molar-refractivity contribution in [3.05, 3.63) is 61.9 Å². The molecule has 0 aliphatic carbocycles. The molecule has 0 aliphatic rings. The van der Waals surface area contributed by atoms with Gasteiger partial charge in [-0.25, -0.2) is 23.0 Å². The lowest BCUT2D eigenvalue weighted by atomic mass is 10.3. The van der Waals surface area contributed by atoms with Gasteiger partial charge in [-0.2, -0.15) is 10.1 Å². The number of aromatic nitrogens is 3. The molecule has 0 atom stereocenters. The van der Waals surface area contributed by atoms with Crippen molar-refractivity contribution >= 4 is 33.4 Å². The van der Waals surface area contributed by atoms with Crippen molar-refractivity contribution in [1.82, 2.24) is 14.8 Å². The largest absolute Gasteiger partial charge is 0.428 e. The third-order valence-corrected chi connectivity index (χ3v) is 5.30. The quantitative estimate of drug-likeness (QED) is 0.107. The van der Waals surface area contributed by atoms with Gasteiger partial charge in [-0.05, 0) is 45.0 Å². The van der Waals surface area contributed by atoms with Crippen LogP contribution in [0.25, 0.3) is 0 Å². The summed E-state index contributed by atoms with van der Waals surface area (Å²) in [4.78, 5) is 24.5. The fraction of sp³-hybridized carbons (Fsp3) is 0.188. The summed E-state index contributed by atoms with van der Waals surface area (Å²) in [6, 6.07) is 5.45. The predicted molar refractivity (Wildman–Crippen MR) is 112 cm³/mol. The second kappa shape index (κ2) is 9.73. The summed E-state index contributed by atoms with van der Waals surface area (Å²) in [5, 5.41) is 29.6. The predicted octanol–water partition coefficient (Wildman–Crippen LogP) is -0.120. The Morgan fingerprint density at radius 2 is 1.88 bits per heavy atom. The number of azo groups is 1. The first-order chi connectivity index (χ1) is 15.3. The van der Waals surface area contributed by atoms with Crippen LogP contribution in [0.15, 0.2) is 48.6 Å². The van der Waals surface area contributed by atoms with E-state index >= 15 is 0 Å². The van der Waals surface area contributed by atoms with Crippen LogP contribution in [0.1, 0.15) is 17.1 Å². The van der Waals surface area contributed by atoms with E-state index in [1.165, 1.54) is 24.3 Å². The molecular formula is C16H20N9O7S+. The monoisotopic (exact) mass is 482 g/mol. The van der Waals surface area contributed by atoms with Gasteiger partial charge in [-0.3, -0.25) is 11.1 Å². The zero-order valence-corrected chi connectivity index (χ0v) is 18.3. The number of benzene rings is 1. The fourth-order valence-electron chi connectivity index (χ4n) is 2.33. The van der Waals surface area contributed by atoms with Crippen LogP contribution in [0.4, 0.5) is 17.4 Å². The highest BCUT2D eigenvalue weighted by Crippen LogP contribution is 2.22. The average Bonchev–Trinajstić information content (AvgIpc) is 3.17. The first-order valence-electron chi connectivity index (χ1n) is 8.83. The van der Waals surface area contributed by atoms with Gasteiger partial charge in [0.05, 0.1) is 22.0 Å². The van der Waals surface area contributed by atoms with E-state index in [0.717, 1.165) is 4.68 Å². The maximum atomic E-state index is 12.4. The molecule has 176 valence electrons. The Balaban J connectivity index is 0.000000890. The van der Waals surface area contributed by atoms with Crippen molar-refractivity contribution < 1.29 is 28.5 Å². The number of hydrogen-bond acceptors (Lipinski definition) is 9. The molecule has 3 aromatic rings. The minimum atomic E-state index is -3.89. The molecule has 2 aromatic heterocycles. The maximum absolute atomic E-state index is 12.4. The van der Waals surface area contributed by atoms with Crippen LogP contribution in [0.2, 0.25) is 0 Å². The molecule has 0 amide bonds. The number of nitrogens with two attached hydrogens (primary N) is 2. The van der Waals surface area contributed by atoms with Gasteiger partial charge in [-0.1, -0.05) is 4.68 Å². The molecule has 0 bridgehead atoms. The van der Waals surface area contributed by atoms with Gasteiger partial charge in [-0.15, -0.1) is 15.2 Å². The third-order valence-electron chi connectivity index (χ3n) is 3.96. The van der Waals surface area contributed by atoms with Crippen LogP contribution in [0, 0.1) is 30.9 Å². The minimum Gasteiger partial charge on any atom is -0.428 e. The molecule has 1 aromatic carbocycles. The summed E-state index contributed by atoms with van der Waals surface area (Å²) in [5.41, 5.74) is 6.24. The van der Waals surface area contributed by atoms with E-state index in [-0.39, 0.29) is 22.6 Å². The van der Waals surface area contributed by atoms with E-state index in [0.29, 0.717) is 22.8 Å². The highest BCUT2D eigenvalue weighted by molar-refractivity contribution is 7.92. The molecule has 0 unspecified atom stereocenters. The van der Waals surface area contributed by atoms with Gasteiger partial charge in [0.2, 0.25) is 0 Å². The van der Waals surface area contributed by atoms with Crippen molar-refractivity contribution in [3.63, 3.8) is 0 Å². The van der Waals surface area contributed by atoms with Crippen LogP contribution in [0.3, 0.4) is 0 Å². The Morgan fingerprint density at radius 3 is 2.33 bits per heavy atom. The fourth-order valence-corrected chi connectivity index (χ4v) is 3.26. The number of sulfonamides is 1. The number of nitrogens with one attached hydrogen (secondary N) is 2. The zero-order valence-electron chi connectivity index (χ0n) is 17.5. The minimum absolute atomic E-state index is 0.0179. The van der Waals surface area contributed by atoms with Gasteiger partial charge in [0, 0.05) is 0 Å². The number of aryl methyl sites for hydroxylation is 3. The third kappa shape index (κ3) is 6.23. The number of H-pyrrole nitrogens is 1. The summed E-state index contributed by atoms with van der Waals surface area (Å²) in [6.45, 7) is 5.00. The lowest BCUT2D eigenvalue weighted by molar-refractivity contribution is -0.742. The summed E-state index contributed by atoms with van der Waals surface area (Å²) < 4.78 is 33.3. The van der Waals surface area contributed by atoms with Gasteiger partial charge in [0.15, 0.2) is 5.69 Å². The Kier molecular flexibility index (Phi) is 7.29. The first kappa shape index (κ1) is 24.7. The molecule has 2 heterocycles. The molecule has 0 saturated heterocycles. The van der Waals surface area contributed by atoms with Crippen LogP contribution in [-0.4, -0.2) is 39.4 Å². The number of rotatable bonds is 5.